The summed E-state index contributed by atoms with van der Waals surface area (Å²) in [6.45, 7) is 0. The van der Waals surface area contributed by atoms with Crippen molar-refractivity contribution in [1.82, 2.24) is 10.6 Å². The van der Waals surface area contributed by atoms with E-state index in [-0.39, 0.29) is 25.7 Å². The lowest BCUT2D eigenvalue weighted by Crippen LogP contribution is -2.52. The maximum atomic E-state index is 12.0. The number of esters is 4. The third-order valence-electron chi connectivity index (χ3n) is 3.52. The zero-order chi connectivity index (χ0) is 21.7. The molecule has 0 aromatic rings. The van der Waals surface area contributed by atoms with Crippen molar-refractivity contribution in [3.05, 3.63) is 0 Å². The molecule has 0 bridgehead atoms. The van der Waals surface area contributed by atoms with Crippen LogP contribution in [0.1, 0.15) is 25.7 Å². The highest BCUT2D eigenvalue weighted by atomic mass is 16.5. The van der Waals surface area contributed by atoms with Gasteiger partial charge in [0.25, 0.3) is 0 Å². The van der Waals surface area contributed by atoms with E-state index in [0.29, 0.717) is 0 Å². The van der Waals surface area contributed by atoms with Crippen LogP contribution in [0.3, 0.4) is 0 Å². The second-order valence-corrected chi connectivity index (χ2v) is 5.33. The molecule has 0 radical (unpaired) electrons. The Hall–Kier alpha value is -3.18. The fourth-order valence-corrected chi connectivity index (χ4v) is 1.96. The Morgan fingerprint density at radius 3 is 1.18 bits per heavy atom. The van der Waals surface area contributed by atoms with E-state index in [0.717, 1.165) is 28.4 Å². The number of hydrogen-bond donors (Lipinski definition) is 2. The van der Waals surface area contributed by atoms with Crippen molar-refractivity contribution >= 4 is 35.7 Å². The maximum Gasteiger partial charge on any atom is 0.328 e. The third-order valence-corrected chi connectivity index (χ3v) is 3.52. The predicted octanol–water partition coefficient (Wildman–Crippen LogP) is -1.79. The minimum atomic E-state index is -1.28. The monoisotopic (exact) mass is 404 g/mol. The Morgan fingerprint density at radius 1 is 0.607 bits per heavy atom. The van der Waals surface area contributed by atoms with Crippen molar-refractivity contribution < 1.29 is 47.7 Å². The van der Waals surface area contributed by atoms with E-state index in [4.69, 9.17) is 0 Å². The van der Waals surface area contributed by atoms with Gasteiger partial charge >= 0.3 is 35.7 Å². The molecule has 28 heavy (non-hydrogen) atoms. The van der Waals surface area contributed by atoms with Gasteiger partial charge in [0.1, 0.15) is 12.1 Å². The molecule has 12 nitrogen and oxygen atoms in total. The van der Waals surface area contributed by atoms with Gasteiger partial charge in [0.15, 0.2) is 0 Å². The summed E-state index contributed by atoms with van der Waals surface area (Å²) >= 11 is 0. The topological polar surface area (TPSA) is 163 Å². The minimum absolute atomic E-state index is 0.166. The molecule has 0 aliphatic carbocycles. The number of hydrogen-bond acceptors (Lipinski definition) is 10. The first-order valence-electron chi connectivity index (χ1n) is 8.10. The first kappa shape index (κ1) is 24.8. The molecule has 12 heteroatoms. The van der Waals surface area contributed by atoms with Crippen molar-refractivity contribution in [2.24, 2.45) is 0 Å². The average molecular weight is 404 g/mol. The zero-order valence-electron chi connectivity index (χ0n) is 16.1. The summed E-state index contributed by atoms with van der Waals surface area (Å²) in [5, 5.41) is 4.22. The standard InChI is InChI=1S/C16H24N2O10/c1-25-11(19)7-5-9(15(23)27-3)17-13(21)14(22)18-10(16(24)28-4)6-8-12(20)26-2/h9-10H,5-8H2,1-4H3,(H,17,21)(H,18,22)/t9-,10-/m0/s1. The molecule has 0 aliphatic heterocycles. The van der Waals surface area contributed by atoms with E-state index in [1.54, 1.807) is 0 Å². The molecule has 2 atom stereocenters. The number of ether oxygens (including phenoxy) is 4. The van der Waals surface area contributed by atoms with Crippen LogP contribution >= 0.6 is 0 Å². The van der Waals surface area contributed by atoms with Crippen molar-refractivity contribution in [2.45, 2.75) is 37.8 Å². The second-order valence-electron chi connectivity index (χ2n) is 5.33. The van der Waals surface area contributed by atoms with E-state index in [1.165, 1.54) is 0 Å². The predicted molar refractivity (Wildman–Crippen MR) is 90.4 cm³/mol. The van der Waals surface area contributed by atoms with Crippen molar-refractivity contribution in [3.8, 4) is 0 Å². The van der Waals surface area contributed by atoms with Gasteiger partial charge in [-0.05, 0) is 12.8 Å². The average Bonchev–Trinajstić information content (AvgIpc) is 2.71. The van der Waals surface area contributed by atoms with Crippen LogP contribution in [0.15, 0.2) is 0 Å². The van der Waals surface area contributed by atoms with E-state index in [2.05, 4.69) is 29.6 Å². The molecule has 2 N–H and O–H groups in total. The normalized spacial score (nSPS) is 12.0. The van der Waals surface area contributed by atoms with Crippen LogP contribution in [0.2, 0.25) is 0 Å². The molecule has 0 aliphatic rings. The van der Waals surface area contributed by atoms with Crippen LogP contribution in [-0.4, -0.2) is 76.2 Å². The summed E-state index contributed by atoms with van der Waals surface area (Å²) in [5.74, 6) is -5.48. The molecule has 0 unspecified atom stereocenters. The lowest BCUT2D eigenvalue weighted by Gasteiger charge is -2.18. The van der Waals surface area contributed by atoms with Crippen LogP contribution in [0.4, 0.5) is 0 Å². The number of methoxy groups -OCH3 is 4. The lowest BCUT2D eigenvalue weighted by atomic mass is 10.1. The van der Waals surface area contributed by atoms with Gasteiger partial charge in [0, 0.05) is 12.8 Å². The minimum Gasteiger partial charge on any atom is -0.469 e. The van der Waals surface area contributed by atoms with Gasteiger partial charge in [-0.15, -0.1) is 0 Å². The van der Waals surface area contributed by atoms with E-state index >= 15 is 0 Å². The van der Waals surface area contributed by atoms with Gasteiger partial charge in [-0.1, -0.05) is 0 Å². The Labute approximate surface area is 161 Å². The van der Waals surface area contributed by atoms with Crippen molar-refractivity contribution in [3.63, 3.8) is 0 Å². The van der Waals surface area contributed by atoms with Gasteiger partial charge in [0.05, 0.1) is 28.4 Å². The van der Waals surface area contributed by atoms with E-state index in [1.807, 2.05) is 0 Å². The Morgan fingerprint density at radius 2 is 0.929 bits per heavy atom. The van der Waals surface area contributed by atoms with Crippen LogP contribution in [0.25, 0.3) is 0 Å². The van der Waals surface area contributed by atoms with Gasteiger partial charge in [0.2, 0.25) is 0 Å². The van der Waals surface area contributed by atoms with Crippen LogP contribution < -0.4 is 10.6 Å². The summed E-state index contributed by atoms with van der Waals surface area (Å²) in [7, 11) is 4.45. The van der Waals surface area contributed by atoms with Gasteiger partial charge in [-0.2, -0.15) is 0 Å². The van der Waals surface area contributed by atoms with Crippen LogP contribution in [0, 0.1) is 0 Å². The molecule has 0 heterocycles. The maximum absolute atomic E-state index is 12.0. The Bertz CT molecular complexity index is 552. The fourth-order valence-electron chi connectivity index (χ4n) is 1.96. The molecule has 2 amide bonds. The Balaban J connectivity index is 4.97. The summed E-state index contributed by atoms with van der Waals surface area (Å²) in [5.41, 5.74) is 0. The molecule has 0 rings (SSSR count). The van der Waals surface area contributed by atoms with E-state index in [9.17, 15) is 28.8 Å². The summed E-state index contributed by atoms with van der Waals surface area (Å²) in [6, 6.07) is -2.57. The largest absolute Gasteiger partial charge is 0.469 e. The molecule has 0 saturated heterocycles. The number of nitrogens with one attached hydrogen (secondary N) is 2. The zero-order valence-corrected chi connectivity index (χ0v) is 16.1. The first-order valence-corrected chi connectivity index (χ1v) is 8.10. The van der Waals surface area contributed by atoms with Gasteiger partial charge < -0.3 is 29.6 Å². The molecule has 0 aromatic heterocycles. The molecule has 158 valence electrons. The van der Waals surface area contributed by atoms with Crippen molar-refractivity contribution in [2.75, 3.05) is 28.4 Å². The van der Waals surface area contributed by atoms with E-state index < -0.39 is 47.8 Å². The third kappa shape index (κ3) is 8.96. The van der Waals surface area contributed by atoms with Crippen LogP contribution in [0.5, 0.6) is 0 Å². The van der Waals surface area contributed by atoms with Crippen molar-refractivity contribution in [1.29, 1.82) is 0 Å². The summed E-state index contributed by atoms with van der Waals surface area (Å²) in [4.78, 5) is 69.9. The second kappa shape index (κ2) is 13.1. The number of carbonyl (C=O) groups excluding carboxylic acids is 6. The SMILES string of the molecule is COC(=O)CC[C@H](NC(=O)C(=O)N[C@@H](CCC(=O)OC)C(=O)OC)C(=O)OC. The summed E-state index contributed by atoms with van der Waals surface area (Å²) < 4.78 is 17.9. The quantitative estimate of drug-likeness (QED) is 0.241. The lowest BCUT2D eigenvalue weighted by molar-refractivity contribution is -0.150. The molecule has 0 spiro atoms. The summed E-state index contributed by atoms with van der Waals surface area (Å²) in [6.07, 6.45) is -0.744. The van der Waals surface area contributed by atoms with Gasteiger partial charge in [-0.3, -0.25) is 19.2 Å². The van der Waals surface area contributed by atoms with Crippen LogP contribution in [-0.2, 0) is 47.7 Å². The molecular weight excluding hydrogens is 380 g/mol. The number of carbonyl (C=O) groups is 6. The van der Waals surface area contributed by atoms with Gasteiger partial charge in [-0.25, -0.2) is 9.59 Å². The first-order chi connectivity index (χ1) is 13.2. The fraction of sp³-hybridized carbons (Fsp3) is 0.625. The Kier molecular flexibility index (Phi) is 11.6. The number of rotatable bonds is 10. The highest BCUT2D eigenvalue weighted by Crippen LogP contribution is 2.03. The molecule has 0 fully saturated rings. The highest BCUT2D eigenvalue weighted by molar-refractivity contribution is 6.35. The smallest absolute Gasteiger partial charge is 0.328 e. The molecular formula is C16H24N2O10. The molecule has 0 saturated carbocycles. The number of amides is 2. The molecule has 0 aromatic carbocycles. The highest BCUT2D eigenvalue weighted by Gasteiger charge is 2.29.